The first-order valence-corrected chi connectivity index (χ1v) is 21.9. The van der Waals surface area contributed by atoms with Crippen LogP contribution in [-0.2, 0) is 0 Å². The van der Waals surface area contributed by atoms with E-state index >= 15 is 0 Å². The minimum Gasteiger partial charge on any atom is -0.508 e. The third-order valence-electron chi connectivity index (χ3n) is 14.0. The molecule has 18 heteroatoms. The number of benzene rings is 5. The summed E-state index contributed by atoms with van der Waals surface area (Å²) in [5.74, 6) is -6.52. The molecule has 5 aromatic carbocycles. The summed E-state index contributed by atoms with van der Waals surface area (Å²) in [5, 5.41) is 129. The summed E-state index contributed by atoms with van der Waals surface area (Å²) in [6.45, 7) is 0. The average molecular weight is 916 g/mol. The Morgan fingerprint density at radius 2 is 1.34 bits per heavy atom. The van der Waals surface area contributed by atoms with Crippen LogP contribution < -0.4 is 21.6 Å². The standard InChI is InChI=1S/C50H42BN5O12/c51-38-34-32-25(13-14-27(57)41(32)62)56(39(34)40-35(45(38)66)33-26(17-29(59)44(65)46(33)67)55(40)21-9-5-2-6-10-21)24-12-11-20(50-52-49(53-54-50)19-7-3-1-4-8-19)15-22(24)23-16-28(58)42(63)36-37-43(64)30(60)18-31(61)48(37)68-47(23)36/h1-9,11-18,21-22,24,27,41,49-50,52-54,57-67H,10,51H2. The summed E-state index contributed by atoms with van der Waals surface area (Å²) in [7, 11) is 1.65. The summed E-state index contributed by atoms with van der Waals surface area (Å²) in [5.41, 5.74) is 10.2. The second-order valence-corrected chi connectivity index (χ2v) is 17.7. The molecule has 8 aromatic rings. The fourth-order valence-corrected chi connectivity index (χ4v) is 10.9. The first-order chi connectivity index (χ1) is 32.7. The normalized spacial score (nSPS) is 23.5. The van der Waals surface area contributed by atoms with Crippen LogP contribution in [0.3, 0.4) is 0 Å². The molecule has 7 unspecified atom stereocenters. The molecule has 68 heavy (non-hydrogen) atoms. The molecule has 0 radical (unpaired) electrons. The van der Waals surface area contributed by atoms with E-state index in [2.05, 4.69) is 16.2 Å². The van der Waals surface area contributed by atoms with E-state index in [4.69, 9.17) is 4.42 Å². The number of aromatic hydroxyl groups is 9. The smallest absolute Gasteiger partial charge is 0.201 e. The van der Waals surface area contributed by atoms with Gasteiger partial charge in [-0.25, -0.2) is 10.9 Å². The number of hydrogen-bond donors (Lipinski definition) is 14. The van der Waals surface area contributed by atoms with Crippen molar-refractivity contribution in [2.75, 3.05) is 0 Å². The first kappa shape index (κ1) is 41.4. The van der Waals surface area contributed by atoms with E-state index in [9.17, 15) is 56.2 Å². The van der Waals surface area contributed by atoms with Crippen molar-refractivity contribution in [3.05, 3.63) is 125 Å². The first-order valence-electron chi connectivity index (χ1n) is 21.9. The molecular weight excluding hydrogens is 873 g/mol. The molecule has 12 rings (SSSR count). The van der Waals surface area contributed by atoms with Gasteiger partial charge in [-0.2, -0.15) is 0 Å². The lowest BCUT2D eigenvalue weighted by Gasteiger charge is -2.32. The number of aliphatic hydroxyl groups is 2. The Morgan fingerprint density at radius 3 is 2.09 bits per heavy atom. The van der Waals surface area contributed by atoms with Gasteiger partial charge >= 0.3 is 0 Å². The molecule has 0 saturated carbocycles. The van der Waals surface area contributed by atoms with Gasteiger partial charge in [0.1, 0.15) is 31.4 Å². The maximum absolute atomic E-state index is 12.4. The van der Waals surface area contributed by atoms with Gasteiger partial charge in [-0.1, -0.05) is 78.9 Å². The van der Waals surface area contributed by atoms with Crippen LogP contribution in [0.1, 0.15) is 59.1 Å². The molecule has 3 aromatic heterocycles. The van der Waals surface area contributed by atoms with Gasteiger partial charge in [0.15, 0.2) is 45.8 Å². The Morgan fingerprint density at radius 1 is 0.632 bits per heavy atom. The quantitative estimate of drug-likeness (QED) is 0.0594. The predicted octanol–water partition coefficient (Wildman–Crippen LogP) is 5.28. The number of phenolic OH excluding ortho intramolecular Hbond substituents is 9. The third-order valence-corrected chi connectivity index (χ3v) is 14.0. The van der Waals surface area contributed by atoms with E-state index in [0.717, 1.165) is 11.6 Å². The number of nitrogens with zero attached hydrogens (tertiary/aromatic N) is 2. The molecule has 342 valence electrons. The molecule has 7 atom stereocenters. The molecule has 4 heterocycles. The third kappa shape index (κ3) is 5.63. The number of phenols is 9. The van der Waals surface area contributed by atoms with Gasteiger partial charge in [-0.05, 0) is 35.2 Å². The SMILES string of the molecule is Bc1c(O)c2c3c(O)c(O)c(O)cc3n(C3C=CC=CC3)c2c2c1c1c(n2C2C=CC(C3NNC(c4ccccc4)N3)=CC2c2cc(O)c(O)c3c2oc2c(O)cc(O)c(O)c23)C=CC(O)C1O. The van der Waals surface area contributed by atoms with Crippen LogP contribution in [0.5, 0.6) is 51.7 Å². The lowest BCUT2D eigenvalue weighted by molar-refractivity contribution is 0.0477. The van der Waals surface area contributed by atoms with Crippen molar-refractivity contribution in [1.29, 1.82) is 0 Å². The van der Waals surface area contributed by atoms with Crippen molar-refractivity contribution in [1.82, 2.24) is 25.3 Å². The van der Waals surface area contributed by atoms with E-state index in [-0.39, 0.29) is 66.7 Å². The number of hydrogen-bond acceptors (Lipinski definition) is 15. The van der Waals surface area contributed by atoms with Crippen LogP contribution in [0.2, 0.25) is 0 Å². The summed E-state index contributed by atoms with van der Waals surface area (Å²) in [6.07, 6.45) is 13.2. The van der Waals surface area contributed by atoms with E-state index in [1.54, 1.807) is 13.9 Å². The van der Waals surface area contributed by atoms with Crippen LogP contribution in [-0.4, -0.2) is 85.4 Å². The van der Waals surface area contributed by atoms with Crippen molar-refractivity contribution >= 4 is 74.0 Å². The van der Waals surface area contributed by atoms with Gasteiger partial charge in [0.25, 0.3) is 0 Å². The molecule has 4 aliphatic rings. The topological polar surface area (TPSA) is 282 Å². The highest BCUT2D eigenvalue weighted by Gasteiger charge is 2.41. The van der Waals surface area contributed by atoms with Crippen molar-refractivity contribution in [2.45, 2.75) is 49.0 Å². The number of nitrogens with one attached hydrogen (secondary N) is 3. The zero-order valence-corrected chi connectivity index (χ0v) is 35.8. The van der Waals surface area contributed by atoms with Gasteiger partial charge in [0.2, 0.25) is 5.75 Å². The minimum absolute atomic E-state index is 0.0506. The Kier molecular flexibility index (Phi) is 8.99. The number of hydrazine groups is 1. The number of rotatable bonds is 5. The monoisotopic (exact) mass is 915 g/mol. The molecular formula is C50H42BN5O12. The molecule has 0 bridgehead atoms. The number of furan rings is 1. The predicted molar refractivity (Wildman–Crippen MR) is 255 cm³/mol. The lowest BCUT2D eigenvalue weighted by atomic mass is 9.83. The summed E-state index contributed by atoms with van der Waals surface area (Å²) >= 11 is 0. The molecule has 3 aliphatic carbocycles. The largest absolute Gasteiger partial charge is 0.508 e. The van der Waals surface area contributed by atoms with Crippen molar-refractivity contribution in [3.8, 4) is 51.7 Å². The second-order valence-electron chi connectivity index (χ2n) is 17.7. The molecule has 1 fully saturated rings. The number of fused-ring (bicyclic) bond motifs is 10. The number of aliphatic hydroxyl groups excluding tert-OH is 2. The molecule has 0 spiro atoms. The number of aromatic nitrogens is 2. The maximum Gasteiger partial charge on any atom is 0.201 e. The van der Waals surface area contributed by atoms with E-state index < -0.39 is 82.4 Å². The van der Waals surface area contributed by atoms with Crippen molar-refractivity contribution in [3.63, 3.8) is 0 Å². The summed E-state index contributed by atoms with van der Waals surface area (Å²) < 4.78 is 10.1. The van der Waals surface area contributed by atoms with Crippen LogP contribution in [0.4, 0.5) is 0 Å². The molecule has 17 nitrogen and oxygen atoms in total. The highest BCUT2D eigenvalue weighted by molar-refractivity contribution is 6.45. The van der Waals surface area contributed by atoms with Gasteiger partial charge in [-0.15, -0.1) is 0 Å². The van der Waals surface area contributed by atoms with Gasteiger partial charge in [-0.3, -0.25) is 5.32 Å². The fraction of sp³-hybridized carbons (Fsp3) is 0.160. The number of allylic oxidation sites excluding steroid dienone is 6. The van der Waals surface area contributed by atoms with Crippen LogP contribution >= 0.6 is 0 Å². The minimum atomic E-state index is -1.51. The Hall–Kier alpha value is -8.00. The molecule has 0 amide bonds. The highest BCUT2D eigenvalue weighted by atomic mass is 16.4. The Bertz CT molecular complexity index is 3680. The van der Waals surface area contributed by atoms with Gasteiger partial charge < -0.3 is 69.7 Å². The van der Waals surface area contributed by atoms with Crippen molar-refractivity contribution < 1.29 is 60.6 Å². The molecule has 14 N–H and O–H groups in total. The highest BCUT2D eigenvalue weighted by Crippen LogP contribution is 2.56. The summed E-state index contributed by atoms with van der Waals surface area (Å²) in [6, 6.07) is 11.9. The maximum atomic E-state index is 12.4. The fourth-order valence-electron chi connectivity index (χ4n) is 10.9. The van der Waals surface area contributed by atoms with E-state index in [1.807, 2.05) is 82.0 Å². The Labute approximate surface area is 384 Å². The Balaban J connectivity index is 1.20. The second kappa shape index (κ2) is 14.8. The van der Waals surface area contributed by atoms with Crippen LogP contribution in [0.25, 0.3) is 60.7 Å². The van der Waals surface area contributed by atoms with E-state index in [0.29, 0.717) is 34.1 Å². The van der Waals surface area contributed by atoms with Crippen LogP contribution in [0.15, 0.2) is 107 Å². The molecule has 1 saturated heterocycles. The van der Waals surface area contributed by atoms with Gasteiger partial charge in [0, 0.05) is 40.3 Å². The van der Waals surface area contributed by atoms with Gasteiger partial charge in [0.05, 0.1) is 62.5 Å². The van der Waals surface area contributed by atoms with Crippen LogP contribution in [0, 0.1) is 0 Å². The van der Waals surface area contributed by atoms with E-state index in [1.165, 1.54) is 18.2 Å². The summed E-state index contributed by atoms with van der Waals surface area (Å²) in [4.78, 5) is 0. The zero-order valence-electron chi connectivity index (χ0n) is 35.8. The average Bonchev–Trinajstić information content (AvgIpc) is 4.14. The zero-order chi connectivity index (χ0) is 47.2. The lowest BCUT2D eigenvalue weighted by Crippen LogP contribution is -2.36. The molecule has 1 aliphatic heterocycles. The van der Waals surface area contributed by atoms with Crippen molar-refractivity contribution in [2.24, 2.45) is 0 Å².